The van der Waals surface area contributed by atoms with Crippen molar-refractivity contribution in [2.24, 2.45) is 0 Å². The van der Waals surface area contributed by atoms with Gasteiger partial charge in [-0.2, -0.15) is 4.94 Å². The topological polar surface area (TPSA) is 33.3 Å². The molecule has 1 unspecified atom stereocenters. The highest BCUT2D eigenvalue weighted by Gasteiger charge is 2.13. The Balaban J connectivity index is 2.06. The summed E-state index contributed by atoms with van der Waals surface area (Å²) in [5.41, 5.74) is 2.83. The van der Waals surface area contributed by atoms with Crippen molar-refractivity contribution in [2.75, 3.05) is 13.2 Å². The molecule has 4 heteroatoms. The smallest absolute Gasteiger partial charge is 0.0634 e. The molecule has 0 aromatic heterocycles. The molecule has 1 saturated heterocycles. The second kappa shape index (κ2) is 3.25. The van der Waals surface area contributed by atoms with Crippen molar-refractivity contribution >= 4 is 11.8 Å². The Bertz CT molecular complexity index is 65.1. The molecule has 3 nitrogen and oxygen atoms in total. The summed E-state index contributed by atoms with van der Waals surface area (Å²) < 4.78 is 5.05. The fourth-order valence-corrected chi connectivity index (χ4v) is 0.880. The molecule has 1 atom stereocenters. The van der Waals surface area contributed by atoms with Gasteiger partial charge in [0.05, 0.1) is 6.61 Å². The monoisotopic (exact) mass is 136 g/mol. The van der Waals surface area contributed by atoms with Gasteiger partial charge in [-0.15, -0.1) is 0 Å². The lowest BCUT2D eigenvalue weighted by Gasteiger charge is -2.04. The molecule has 0 amide bonds. The SMILES string of the molecule is ClNNC1CCOC1. The first kappa shape index (κ1) is 6.29. The van der Waals surface area contributed by atoms with Crippen molar-refractivity contribution in [1.82, 2.24) is 10.4 Å². The zero-order valence-corrected chi connectivity index (χ0v) is 5.24. The van der Waals surface area contributed by atoms with E-state index in [0.717, 1.165) is 19.6 Å². The van der Waals surface area contributed by atoms with Crippen molar-refractivity contribution in [3.05, 3.63) is 0 Å². The van der Waals surface area contributed by atoms with Gasteiger partial charge >= 0.3 is 0 Å². The maximum atomic E-state index is 5.16. The molecule has 1 aliphatic heterocycles. The lowest BCUT2D eigenvalue weighted by atomic mass is 10.3. The standard InChI is InChI=1S/C4H9ClN2O/c5-7-6-4-1-2-8-3-4/h4,6-7H,1-3H2. The van der Waals surface area contributed by atoms with E-state index < -0.39 is 0 Å². The lowest BCUT2D eigenvalue weighted by Crippen LogP contribution is -2.35. The predicted octanol–water partition coefficient (Wildman–Crippen LogP) is 0.0233. The molecule has 1 heterocycles. The van der Waals surface area contributed by atoms with E-state index in [1.807, 2.05) is 0 Å². The first-order valence-corrected chi connectivity index (χ1v) is 3.00. The van der Waals surface area contributed by atoms with Crippen LogP contribution in [0.25, 0.3) is 0 Å². The van der Waals surface area contributed by atoms with Crippen molar-refractivity contribution in [3.63, 3.8) is 0 Å². The first-order valence-electron chi connectivity index (χ1n) is 2.62. The van der Waals surface area contributed by atoms with Gasteiger partial charge in [-0.05, 0) is 18.2 Å². The van der Waals surface area contributed by atoms with Gasteiger partial charge < -0.3 is 4.74 Å². The molecular weight excluding hydrogens is 128 g/mol. The van der Waals surface area contributed by atoms with Gasteiger partial charge in [-0.3, -0.25) is 0 Å². The molecule has 0 aromatic carbocycles. The van der Waals surface area contributed by atoms with Gasteiger partial charge in [0.15, 0.2) is 0 Å². The third kappa shape index (κ3) is 1.59. The van der Waals surface area contributed by atoms with Crippen LogP contribution in [0, 0.1) is 0 Å². The van der Waals surface area contributed by atoms with Crippen LogP contribution in [0.15, 0.2) is 0 Å². The predicted molar refractivity (Wildman–Crippen MR) is 31.3 cm³/mol. The average molecular weight is 137 g/mol. The summed E-state index contributed by atoms with van der Waals surface area (Å²) in [6, 6.07) is 0.396. The Morgan fingerprint density at radius 3 is 3.00 bits per heavy atom. The van der Waals surface area contributed by atoms with E-state index in [9.17, 15) is 0 Å². The Kier molecular flexibility index (Phi) is 2.55. The Morgan fingerprint density at radius 2 is 2.50 bits per heavy atom. The number of ether oxygens (including phenoxy) is 1. The molecule has 0 aromatic rings. The number of halogens is 1. The zero-order valence-electron chi connectivity index (χ0n) is 4.48. The largest absolute Gasteiger partial charge is 0.380 e. The summed E-state index contributed by atoms with van der Waals surface area (Å²) in [6.07, 6.45) is 1.04. The normalized spacial score (nSPS) is 28.9. The minimum absolute atomic E-state index is 0.396. The average Bonchev–Trinajstić information content (AvgIpc) is 2.19. The number of rotatable bonds is 2. The number of nitrogens with one attached hydrogen (secondary N) is 2. The first-order chi connectivity index (χ1) is 3.93. The minimum Gasteiger partial charge on any atom is -0.380 e. The van der Waals surface area contributed by atoms with E-state index in [-0.39, 0.29) is 0 Å². The van der Waals surface area contributed by atoms with Gasteiger partial charge in [-0.25, -0.2) is 5.43 Å². The molecule has 2 N–H and O–H groups in total. The molecule has 8 heavy (non-hydrogen) atoms. The van der Waals surface area contributed by atoms with Crippen LogP contribution in [-0.2, 0) is 4.74 Å². The third-order valence-electron chi connectivity index (χ3n) is 1.19. The van der Waals surface area contributed by atoms with Crippen molar-refractivity contribution in [3.8, 4) is 0 Å². The van der Waals surface area contributed by atoms with E-state index in [0.29, 0.717) is 6.04 Å². The summed E-state index contributed by atoms with van der Waals surface area (Å²) in [5, 5.41) is 0. The van der Waals surface area contributed by atoms with E-state index in [2.05, 4.69) is 10.4 Å². The summed E-state index contributed by atoms with van der Waals surface area (Å²) in [5.74, 6) is 0. The van der Waals surface area contributed by atoms with Crippen LogP contribution < -0.4 is 10.4 Å². The second-order valence-corrected chi connectivity index (χ2v) is 1.99. The summed E-state index contributed by atoms with van der Waals surface area (Å²) in [6.45, 7) is 1.61. The van der Waals surface area contributed by atoms with Gasteiger partial charge in [0.25, 0.3) is 0 Å². The quantitative estimate of drug-likeness (QED) is 0.415. The highest BCUT2D eigenvalue weighted by atomic mass is 35.5. The molecule has 0 spiro atoms. The molecule has 0 saturated carbocycles. The maximum Gasteiger partial charge on any atom is 0.0634 e. The molecule has 1 fully saturated rings. The van der Waals surface area contributed by atoms with E-state index >= 15 is 0 Å². The molecule has 1 rings (SSSR count). The molecular formula is C4H9ClN2O. The third-order valence-corrected chi connectivity index (χ3v) is 1.30. The molecule has 0 radical (unpaired) electrons. The Labute approximate surface area is 53.4 Å². The zero-order chi connectivity index (χ0) is 5.82. The van der Waals surface area contributed by atoms with Crippen molar-refractivity contribution < 1.29 is 4.74 Å². The fourth-order valence-electron chi connectivity index (χ4n) is 0.726. The highest BCUT2D eigenvalue weighted by Crippen LogP contribution is 2.01. The highest BCUT2D eigenvalue weighted by molar-refractivity contribution is 6.13. The number of hydrogen-bond donors (Lipinski definition) is 2. The molecule has 48 valence electrons. The number of hydrazine groups is 1. The van der Waals surface area contributed by atoms with E-state index in [1.165, 1.54) is 0 Å². The van der Waals surface area contributed by atoms with Crippen LogP contribution in [0.4, 0.5) is 0 Å². The van der Waals surface area contributed by atoms with Crippen molar-refractivity contribution in [2.45, 2.75) is 12.5 Å². The van der Waals surface area contributed by atoms with Crippen LogP contribution in [-0.4, -0.2) is 19.3 Å². The second-order valence-electron chi connectivity index (χ2n) is 1.80. The van der Waals surface area contributed by atoms with Crippen LogP contribution in [0.1, 0.15) is 6.42 Å². The van der Waals surface area contributed by atoms with Crippen molar-refractivity contribution in [1.29, 1.82) is 0 Å². The molecule has 1 aliphatic rings. The minimum atomic E-state index is 0.396. The maximum absolute atomic E-state index is 5.16. The summed E-state index contributed by atoms with van der Waals surface area (Å²) >= 11 is 5.16. The van der Waals surface area contributed by atoms with Crippen LogP contribution in [0.3, 0.4) is 0 Å². The van der Waals surface area contributed by atoms with E-state index in [4.69, 9.17) is 16.5 Å². The van der Waals surface area contributed by atoms with E-state index in [1.54, 1.807) is 0 Å². The fraction of sp³-hybridized carbons (Fsp3) is 1.00. The van der Waals surface area contributed by atoms with Gasteiger partial charge in [0, 0.05) is 12.6 Å². The summed E-state index contributed by atoms with van der Waals surface area (Å²) in [7, 11) is 0. The van der Waals surface area contributed by atoms with Crippen LogP contribution in [0.5, 0.6) is 0 Å². The number of hydrogen-bond acceptors (Lipinski definition) is 3. The summed E-state index contributed by atoms with van der Waals surface area (Å²) in [4.78, 5) is 2.35. The van der Waals surface area contributed by atoms with Gasteiger partial charge in [0.1, 0.15) is 0 Å². The van der Waals surface area contributed by atoms with Crippen LogP contribution >= 0.6 is 11.8 Å². The lowest BCUT2D eigenvalue weighted by molar-refractivity contribution is 0.189. The molecule has 0 bridgehead atoms. The van der Waals surface area contributed by atoms with Crippen LogP contribution in [0.2, 0.25) is 0 Å². The molecule has 0 aliphatic carbocycles. The van der Waals surface area contributed by atoms with Gasteiger partial charge in [-0.1, -0.05) is 0 Å². The Morgan fingerprint density at radius 1 is 1.62 bits per heavy atom. The Hall–Kier alpha value is 0.170. The van der Waals surface area contributed by atoms with Gasteiger partial charge in [0.2, 0.25) is 0 Å².